The number of nitrogens with one attached hydrogen (secondary N) is 3. The van der Waals surface area contributed by atoms with Gasteiger partial charge in [0.15, 0.2) is 11.6 Å². The van der Waals surface area contributed by atoms with E-state index in [1.54, 1.807) is 30.5 Å². The summed E-state index contributed by atoms with van der Waals surface area (Å²) in [4.78, 5) is 73.3. The Morgan fingerprint density at radius 1 is 0.833 bits per heavy atom. The monoisotopic (exact) mass is 909 g/mol. The van der Waals surface area contributed by atoms with Crippen LogP contribution < -0.4 is 16.0 Å². The molecular formula is C46H53F2N11O7. The van der Waals surface area contributed by atoms with Gasteiger partial charge in [-0.25, -0.2) is 28.7 Å². The van der Waals surface area contributed by atoms with Crippen LogP contribution in [-0.2, 0) is 30.3 Å². The smallest absolute Gasteiger partial charge is 0.264 e. The van der Waals surface area contributed by atoms with Crippen LogP contribution in [-0.4, -0.2) is 148 Å². The van der Waals surface area contributed by atoms with Crippen LogP contribution in [0.1, 0.15) is 64.8 Å². The second-order valence-corrected chi connectivity index (χ2v) is 16.6. The molecule has 3 aromatic heterocycles. The molecule has 3 aliphatic rings. The summed E-state index contributed by atoms with van der Waals surface area (Å²) in [6.45, 7) is 14.0. The number of imidazole rings is 1. The van der Waals surface area contributed by atoms with Crippen LogP contribution in [0.2, 0.25) is 0 Å². The standard InChI is InChI=1S/C46H53F2N11O7/c1-28(2)58-29(3)52-42-33(47)23-31(24-37(42)58)41-34(48)26-51-46(55-41)53-38-9-7-30(25-50-38)27-57-14-12-56(13-15-57)16-18-65-20-22-66-21-19-64-17-11-49-35-6-4-5-32-40(35)45(63)59(44(32)62)36-8-10-39(60)54-43(36)61/h4-7,9,23-26,28,36,49H,8,10-22,27H2,1-3H3,(H,54,60,61)(H,50,51,53,55). The number of anilines is 3. The van der Waals surface area contributed by atoms with Gasteiger partial charge in [-0.05, 0) is 63.1 Å². The van der Waals surface area contributed by atoms with Crippen molar-refractivity contribution in [2.45, 2.75) is 52.2 Å². The van der Waals surface area contributed by atoms with E-state index in [9.17, 15) is 19.2 Å². The molecule has 2 aromatic carbocycles. The number of fused-ring (bicyclic) bond motifs is 2. The molecular weight excluding hydrogens is 857 g/mol. The van der Waals surface area contributed by atoms with Crippen molar-refractivity contribution in [3.63, 3.8) is 0 Å². The average molecular weight is 910 g/mol. The molecule has 1 unspecified atom stereocenters. The minimum absolute atomic E-state index is 0.0270. The highest BCUT2D eigenvalue weighted by molar-refractivity contribution is 6.25. The third-order valence-electron chi connectivity index (χ3n) is 11.7. The van der Waals surface area contributed by atoms with Crippen LogP contribution in [0.15, 0.2) is 54.9 Å². The Kier molecular flexibility index (Phi) is 14.6. The molecule has 3 N–H and O–H groups in total. The molecule has 8 rings (SSSR count). The quantitative estimate of drug-likeness (QED) is 0.0730. The third-order valence-corrected chi connectivity index (χ3v) is 11.7. The molecule has 348 valence electrons. The normalized spacial score (nSPS) is 17.0. The summed E-state index contributed by atoms with van der Waals surface area (Å²) in [7, 11) is 0. The molecule has 3 aliphatic heterocycles. The molecule has 18 nitrogen and oxygen atoms in total. The Morgan fingerprint density at radius 3 is 2.30 bits per heavy atom. The number of imide groups is 2. The minimum Gasteiger partial charge on any atom is -0.382 e. The molecule has 4 amide bonds. The summed E-state index contributed by atoms with van der Waals surface area (Å²) in [5, 5.41) is 8.40. The number of aromatic nitrogens is 5. The third kappa shape index (κ3) is 10.5. The van der Waals surface area contributed by atoms with Crippen LogP contribution in [0.3, 0.4) is 0 Å². The van der Waals surface area contributed by atoms with Crippen molar-refractivity contribution in [3.8, 4) is 11.3 Å². The van der Waals surface area contributed by atoms with Crippen molar-refractivity contribution in [1.82, 2.24) is 44.5 Å². The lowest BCUT2D eigenvalue weighted by atomic mass is 10.0. The fourth-order valence-electron chi connectivity index (χ4n) is 8.48. The number of carbonyl (C=O) groups is 4. The number of piperazine rings is 1. The van der Waals surface area contributed by atoms with Crippen LogP contribution in [0, 0.1) is 18.6 Å². The lowest BCUT2D eigenvalue weighted by Crippen LogP contribution is -2.54. The van der Waals surface area contributed by atoms with Crippen LogP contribution in [0.25, 0.3) is 22.3 Å². The molecule has 0 spiro atoms. The van der Waals surface area contributed by atoms with E-state index in [1.807, 2.05) is 37.5 Å². The molecule has 0 radical (unpaired) electrons. The molecule has 0 aliphatic carbocycles. The van der Waals surface area contributed by atoms with Gasteiger partial charge in [-0.15, -0.1) is 0 Å². The first-order chi connectivity index (χ1) is 31.9. The lowest BCUT2D eigenvalue weighted by Gasteiger charge is -2.34. The number of hydrogen-bond acceptors (Lipinski definition) is 15. The molecule has 5 aromatic rings. The Balaban J connectivity index is 0.677. The number of hydrogen-bond donors (Lipinski definition) is 3. The van der Waals surface area contributed by atoms with Crippen LogP contribution in [0.4, 0.5) is 26.2 Å². The van der Waals surface area contributed by atoms with E-state index >= 15 is 8.78 Å². The maximum absolute atomic E-state index is 15.1. The van der Waals surface area contributed by atoms with Crippen molar-refractivity contribution in [3.05, 3.63) is 89.0 Å². The average Bonchev–Trinajstić information content (AvgIpc) is 3.78. The van der Waals surface area contributed by atoms with Gasteiger partial charge in [0, 0.05) is 75.7 Å². The first-order valence-electron chi connectivity index (χ1n) is 22.1. The number of amides is 4. The first-order valence-corrected chi connectivity index (χ1v) is 22.1. The number of aryl methyl sites for hydroxylation is 1. The Hall–Kier alpha value is -6.32. The predicted octanol–water partition coefficient (Wildman–Crippen LogP) is 4.48. The van der Waals surface area contributed by atoms with E-state index in [1.165, 1.54) is 6.07 Å². The summed E-state index contributed by atoms with van der Waals surface area (Å²) in [5.41, 5.74) is 3.02. The highest BCUT2D eigenvalue weighted by atomic mass is 19.1. The van der Waals surface area contributed by atoms with E-state index < -0.39 is 41.3 Å². The fraction of sp³-hybridized carbons (Fsp3) is 0.435. The van der Waals surface area contributed by atoms with E-state index in [0.29, 0.717) is 69.0 Å². The number of pyridine rings is 1. The number of carbonyl (C=O) groups excluding carboxylic acids is 4. The van der Waals surface area contributed by atoms with E-state index in [4.69, 9.17) is 14.2 Å². The second kappa shape index (κ2) is 20.9. The zero-order valence-electron chi connectivity index (χ0n) is 37.1. The minimum atomic E-state index is -1.02. The molecule has 0 bridgehead atoms. The van der Waals surface area contributed by atoms with E-state index in [2.05, 4.69) is 45.7 Å². The van der Waals surface area contributed by atoms with Crippen molar-refractivity contribution >= 4 is 52.1 Å². The topological polar surface area (TPSA) is 198 Å². The molecule has 66 heavy (non-hydrogen) atoms. The van der Waals surface area contributed by atoms with Crippen molar-refractivity contribution in [2.24, 2.45) is 0 Å². The fourth-order valence-corrected chi connectivity index (χ4v) is 8.48. The van der Waals surface area contributed by atoms with Crippen molar-refractivity contribution in [1.29, 1.82) is 0 Å². The summed E-state index contributed by atoms with van der Waals surface area (Å²) in [5.74, 6) is -2.09. The number of piperidine rings is 1. The first kappa shape index (κ1) is 46.2. The van der Waals surface area contributed by atoms with Crippen LogP contribution >= 0.6 is 0 Å². The lowest BCUT2D eigenvalue weighted by molar-refractivity contribution is -0.136. The molecule has 0 saturated carbocycles. The molecule has 1 atom stereocenters. The van der Waals surface area contributed by atoms with Gasteiger partial charge in [0.05, 0.1) is 62.5 Å². The Bertz CT molecular complexity index is 2580. The largest absolute Gasteiger partial charge is 0.382 e. The predicted molar refractivity (Wildman–Crippen MR) is 239 cm³/mol. The van der Waals surface area contributed by atoms with Crippen molar-refractivity contribution in [2.75, 3.05) is 89.5 Å². The zero-order valence-corrected chi connectivity index (χ0v) is 37.1. The Morgan fingerprint density at radius 2 is 1.58 bits per heavy atom. The number of nitrogens with zero attached hydrogens (tertiary/aromatic N) is 8. The second-order valence-electron chi connectivity index (χ2n) is 16.6. The van der Waals surface area contributed by atoms with Gasteiger partial charge in [-0.3, -0.25) is 39.2 Å². The number of benzene rings is 2. The highest BCUT2D eigenvalue weighted by Crippen LogP contribution is 2.33. The summed E-state index contributed by atoms with van der Waals surface area (Å²) in [6, 6.07) is 10.7. The SMILES string of the molecule is Cc1nc2c(F)cc(-c3nc(Nc4ccc(CN5CCN(CCOCCOCCOCCNc6cccc7c6C(=O)N(C6CCC(=O)NC6=O)C7=O)CC5)cn4)ncc3F)cc2n1C(C)C. The van der Waals surface area contributed by atoms with Gasteiger partial charge >= 0.3 is 0 Å². The summed E-state index contributed by atoms with van der Waals surface area (Å²) < 4.78 is 49.2. The van der Waals surface area contributed by atoms with Gasteiger partial charge in [0.25, 0.3) is 11.8 Å². The highest BCUT2D eigenvalue weighted by Gasteiger charge is 2.45. The van der Waals surface area contributed by atoms with Crippen LogP contribution in [0.5, 0.6) is 0 Å². The van der Waals surface area contributed by atoms with Gasteiger partial charge in [0.1, 0.15) is 28.9 Å². The van der Waals surface area contributed by atoms with E-state index in [0.717, 1.165) is 55.9 Å². The molecule has 6 heterocycles. The maximum atomic E-state index is 15.1. The summed E-state index contributed by atoms with van der Waals surface area (Å²) in [6.07, 6.45) is 3.02. The van der Waals surface area contributed by atoms with Gasteiger partial charge in [-0.2, -0.15) is 0 Å². The molecule has 20 heteroatoms. The van der Waals surface area contributed by atoms with Gasteiger partial charge in [-0.1, -0.05) is 12.1 Å². The maximum Gasteiger partial charge on any atom is 0.264 e. The number of ether oxygens (including phenoxy) is 3. The number of rotatable bonds is 20. The van der Waals surface area contributed by atoms with E-state index in [-0.39, 0.29) is 52.7 Å². The zero-order chi connectivity index (χ0) is 46.3. The van der Waals surface area contributed by atoms with Crippen molar-refractivity contribution < 1.29 is 42.2 Å². The Labute approximate surface area is 380 Å². The molecule has 2 saturated heterocycles. The summed E-state index contributed by atoms with van der Waals surface area (Å²) >= 11 is 0. The number of halogens is 2. The van der Waals surface area contributed by atoms with Gasteiger partial charge in [0.2, 0.25) is 17.8 Å². The van der Waals surface area contributed by atoms with Gasteiger partial charge < -0.3 is 29.4 Å². The molecule has 2 fully saturated rings.